The molecular formula is C31H24N2. The Labute approximate surface area is 193 Å². The molecule has 6 aromatic rings. The largest absolute Gasteiger partial charge is 0.355 e. The Kier molecular flexibility index (Phi) is 4.70. The van der Waals surface area contributed by atoms with Crippen molar-refractivity contribution in [3.05, 3.63) is 127 Å². The van der Waals surface area contributed by atoms with E-state index in [1.165, 1.54) is 44.2 Å². The fraction of sp³-hybridized carbons (Fsp3) is 0.0323. The van der Waals surface area contributed by atoms with E-state index in [9.17, 15) is 0 Å². The Morgan fingerprint density at radius 2 is 1.21 bits per heavy atom. The summed E-state index contributed by atoms with van der Waals surface area (Å²) in [5.41, 5.74) is 9.54. The zero-order valence-electron chi connectivity index (χ0n) is 18.5. The van der Waals surface area contributed by atoms with Crippen LogP contribution in [-0.4, -0.2) is 4.57 Å². The lowest BCUT2D eigenvalue weighted by molar-refractivity contribution is 1.18. The summed E-state index contributed by atoms with van der Waals surface area (Å²) >= 11 is 0. The molecule has 1 heterocycles. The predicted octanol–water partition coefficient (Wildman–Crippen LogP) is 8.50. The Morgan fingerprint density at radius 1 is 0.545 bits per heavy atom. The molecule has 0 bridgehead atoms. The first-order valence-corrected chi connectivity index (χ1v) is 11.3. The highest BCUT2D eigenvalue weighted by Crippen LogP contribution is 2.35. The fourth-order valence-corrected chi connectivity index (χ4v) is 4.62. The molecule has 0 atom stereocenters. The highest BCUT2D eigenvalue weighted by molar-refractivity contribution is 6.10. The topological polar surface area (TPSA) is 17.0 Å². The lowest BCUT2D eigenvalue weighted by Gasteiger charge is -2.11. The van der Waals surface area contributed by atoms with Gasteiger partial charge in [0.2, 0.25) is 0 Å². The number of hydrogen-bond donors (Lipinski definition) is 1. The molecule has 0 spiro atoms. The Balaban J connectivity index is 1.42. The van der Waals surface area contributed by atoms with E-state index in [1.807, 2.05) is 0 Å². The maximum absolute atomic E-state index is 3.52. The normalized spacial score (nSPS) is 11.2. The second kappa shape index (κ2) is 7.99. The van der Waals surface area contributed by atoms with Crippen LogP contribution in [0.2, 0.25) is 0 Å². The van der Waals surface area contributed by atoms with Gasteiger partial charge in [-0.25, -0.2) is 0 Å². The van der Waals surface area contributed by atoms with Crippen molar-refractivity contribution in [3.8, 4) is 16.8 Å². The van der Waals surface area contributed by atoms with E-state index in [1.54, 1.807) is 0 Å². The lowest BCUT2D eigenvalue weighted by Crippen LogP contribution is -1.93. The first-order chi connectivity index (χ1) is 16.3. The van der Waals surface area contributed by atoms with Crippen LogP contribution in [0, 0.1) is 6.92 Å². The zero-order chi connectivity index (χ0) is 22.2. The van der Waals surface area contributed by atoms with Gasteiger partial charge in [0.1, 0.15) is 0 Å². The van der Waals surface area contributed by atoms with Crippen LogP contribution in [0.15, 0.2) is 121 Å². The average Bonchev–Trinajstić information content (AvgIpc) is 3.20. The molecule has 2 nitrogen and oxygen atoms in total. The van der Waals surface area contributed by atoms with Crippen LogP contribution in [0.25, 0.3) is 38.6 Å². The van der Waals surface area contributed by atoms with Gasteiger partial charge < -0.3 is 9.88 Å². The maximum Gasteiger partial charge on any atom is 0.0541 e. The van der Waals surface area contributed by atoms with Crippen molar-refractivity contribution in [2.45, 2.75) is 6.92 Å². The summed E-state index contributed by atoms with van der Waals surface area (Å²) in [4.78, 5) is 0. The van der Waals surface area contributed by atoms with Crippen molar-refractivity contribution < 1.29 is 0 Å². The van der Waals surface area contributed by atoms with Crippen molar-refractivity contribution >= 4 is 33.2 Å². The van der Waals surface area contributed by atoms with Gasteiger partial charge in [-0.2, -0.15) is 0 Å². The van der Waals surface area contributed by atoms with Gasteiger partial charge in [0.15, 0.2) is 0 Å². The number of fused-ring (bicyclic) bond motifs is 3. The number of nitrogens with zero attached hydrogens (tertiary/aromatic N) is 1. The summed E-state index contributed by atoms with van der Waals surface area (Å²) in [6.45, 7) is 2.12. The van der Waals surface area contributed by atoms with Crippen molar-refractivity contribution in [1.29, 1.82) is 0 Å². The summed E-state index contributed by atoms with van der Waals surface area (Å²) in [7, 11) is 0. The molecule has 0 aliphatic rings. The van der Waals surface area contributed by atoms with Crippen LogP contribution in [0.3, 0.4) is 0 Å². The lowest BCUT2D eigenvalue weighted by atomic mass is 10.0. The van der Waals surface area contributed by atoms with Gasteiger partial charge in [0, 0.05) is 27.8 Å². The van der Waals surface area contributed by atoms with E-state index in [0.29, 0.717) is 0 Å². The minimum absolute atomic E-state index is 1.09. The molecule has 6 rings (SSSR count). The molecule has 0 fully saturated rings. The Hall–Kier alpha value is -4.30. The van der Waals surface area contributed by atoms with Crippen LogP contribution in [0.5, 0.6) is 0 Å². The highest BCUT2D eigenvalue weighted by atomic mass is 15.0. The van der Waals surface area contributed by atoms with Crippen LogP contribution < -0.4 is 5.32 Å². The van der Waals surface area contributed by atoms with E-state index < -0.39 is 0 Å². The molecule has 5 aromatic carbocycles. The highest BCUT2D eigenvalue weighted by Gasteiger charge is 2.12. The number of para-hydroxylation sites is 3. The van der Waals surface area contributed by atoms with Crippen molar-refractivity contribution in [3.63, 3.8) is 0 Å². The van der Waals surface area contributed by atoms with Gasteiger partial charge >= 0.3 is 0 Å². The SMILES string of the molecule is Cc1ccccc1Nc1ccc(-c2ccc3c(c2)c2ccccc2n3-c2ccccc2)cc1. The molecule has 0 saturated heterocycles. The minimum Gasteiger partial charge on any atom is -0.355 e. The number of nitrogens with one attached hydrogen (secondary N) is 1. The van der Waals surface area contributed by atoms with E-state index >= 15 is 0 Å². The number of aromatic nitrogens is 1. The van der Waals surface area contributed by atoms with Crippen LogP contribution in [-0.2, 0) is 0 Å². The van der Waals surface area contributed by atoms with Crippen LogP contribution in [0.4, 0.5) is 11.4 Å². The quantitative estimate of drug-likeness (QED) is 0.300. The Bertz CT molecular complexity index is 1580. The summed E-state index contributed by atoms with van der Waals surface area (Å²) < 4.78 is 2.35. The molecule has 1 aromatic heterocycles. The number of rotatable bonds is 4. The zero-order valence-corrected chi connectivity index (χ0v) is 18.5. The third kappa shape index (κ3) is 3.46. The van der Waals surface area contributed by atoms with Gasteiger partial charge in [0.25, 0.3) is 0 Å². The molecule has 0 radical (unpaired) electrons. The molecule has 0 unspecified atom stereocenters. The van der Waals surface area contributed by atoms with E-state index in [4.69, 9.17) is 0 Å². The number of hydrogen-bond acceptors (Lipinski definition) is 1. The summed E-state index contributed by atoms with van der Waals surface area (Å²) in [6.07, 6.45) is 0. The predicted molar refractivity (Wildman–Crippen MR) is 141 cm³/mol. The summed E-state index contributed by atoms with van der Waals surface area (Å²) in [5, 5.41) is 6.07. The van der Waals surface area contributed by atoms with Gasteiger partial charge in [-0.3, -0.25) is 0 Å². The van der Waals surface area contributed by atoms with E-state index in [2.05, 4.69) is 138 Å². The van der Waals surface area contributed by atoms with Crippen LogP contribution >= 0.6 is 0 Å². The standard InChI is InChI=1S/C31H24N2/c1-22-9-5-7-13-29(22)32-25-18-15-23(16-19-25)24-17-20-31-28(21-24)27-12-6-8-14-30(27)33(31)26-10-3-2-4-11-26/h2-21,32H,1H3. The summed E-state index contributed by atoms with van der Waals surface area (Å²) in [5.74, 6) is 0. The average molecular weight is 425 g/mol. The van der Waals surface area contributed by atoms with Crippen molar-refractivity contribution in [2.75, 3.05) is 5.32 Å². The van der Waals surface area contributed by atoms with Gasteiger partial charge in [0.05, 0.1) is 11.0 Å². The minimum atomic E-state index is 1.09. The van der Waals surface area contributed by atoms with Crippen LogP contribution in [0.1, 0.15) is 5.56 Å². The van der Waals surface area contributed by atoms with E-state index in [-0.39, 0.29) is 0 Å². The van der Waals surface area contributed by atoms with E-state index in [0.717, 1.165) is 11.4 Å². The number of benzene rings is 5. The van der Waals surface area contributed by atoms with Gasteiger partial charge in [-0.15, -0.1) is 0 Å². The van der Waals surface area contributed by atoms with Gasteiger partial charge in [-0.05, 0) is 72.1 Å². The molecule has 0 saturated carbocycles. The molecule has 33 heavy (non-hydrogen) atoms. The van der Waals surface area contributed by atoms with Crippen molar-refractivity contribution in [2.24, 2.45) is 0 Å². The fourth-order valence-electron chi connectivity index (χ4n) is 4.62. The number of aryl methyl sites for hydroxylation is 1. The third-order valence-electron chi connectivity index (χ3n) is 6.33. The second-order valence-electron chi connectivity index (χ2n) is 8.44. The molecule has 1 N–H and O–H groups in total. The molecule has 0 aliphatic heterocycles. The molecule has 158 valence electrons. The molecular weight excluding hydrogens is 400 g/mol. The molecule has 0 amide bonds. The molecule has 0 aliphatic carbocycles. The van der Waals surface area contributed by atoms with Crippen molar-refractivity contribution in [1.82, 2.24) is 4.57 Å². The first kappa shape index (κ1) is 19.4. The Morgan fingerprint density at radius 3 is 2.03 bits per heavy atom. The smallest absolute Gasteiger partial charge is 0.0541 e. The van der Waals surface area contributed by atoms with Gasteiger partial charge in [-0.1, -0.05) is 72.8 Å². The molecule has 2 heteroatoms. The second-order valence-corrected chi connectivity index (χ2v) is 8.44. The number of anilines is 2. The summed E-state index contributed by atoms with van der Waals surface area (Å²) in [6, 6.07) is 43.1. The third-order valence-corrected chi connectivity index (χ3v) is 6.33. The monoisotopic (exact) mass is 424 g/mol. The first-order valence-electron chi connectivity index (χ1n) is 11.3. The maximum atomic E-state index is 3.52.